The van der Waals surface area contributed by atoms with Gasteiger partial charge in [0, 0.05) is 23.7 Å². The highest BCUT2D eigenvalue weighted by Gasteiger charge is 2.22. The lowest BCUT2D eigenvalue weighted by molar-refractivity contribution is -0.132. The molecule has 0 saturated heterocycles. The van der Waals surface area contributed by atoms with Crippen molar-refractivity contribution in [2.75, 3.05) is 39.2 Å². The third-order valence-corrected chi connectivity index (χ3v) is 7.01. The van der Waals surface area contributed by atoms with E-state index >= 15 is 0 Å². The molecule has 0 bridgehead atoms. The van der Waals surface area contributed by atoms with Crippen LogP contribution >= 0.6 is 11.3 Å². The first kappa shape index (κ1) is 27.8. The first-order valence-corrected chi connectivity index (χ1v) is 13.0. The number of nitrogens with zero attached hydrogens (tertiary/aromatic N) is 2. The molecule has 0 aliphatic heterocycles. The van der Waals surface area contributed by atoms with Crippen molar-refractivity contribution < 1.29 is 19.1 Å². The molecule has 2 aromatic carbocycles. The van der Waals surface area contributed by atoms with Gasteiger partial charge in [-0.05, 0) is 72.7 Å². The van der Waals surface area contributed by atoms with E-state index in [0.717, 1.165) is 21.6 Å². The molecule has 1 aromatic heterocycles. The number of nitrogens with one attached hydrogen (secondary N) is 1. The molecule has 1 heterocycles. The SMILES string of the molecule is C=CCN(CC(=O)N(CCc1ccc(OC)c(OC)c1)Cc1sccc1C)C(=O)Nc1cccc(C)c1. The lowest BCUT2D eigenvalue weighted by Gasteiger charge is -2.27. The molecule has 7 nitrogen and oxygen atoms in total. The van der Waals surface area contributed by atoms with Crippen molar-refractivity contribution in [2.45, 2.75) is 26.8 Å². The fraction of sp³-hybridized carbons (Fsp3) is 0.310. The topological polar surface area (TPSA) is 71.1 Å². The third kappa shape index (κ3) is 7.85. The molecule has 0 atom stereocenters. The minimum absolute atomic E-state index is 0.0555. The van der Waals surface area contributed by atoms with Gasteiger partial charge in [-0.25, -0.2) is 4.79 Å². The van der Waals surface area contributed by atoms with Gasteiger partial charge in [0.2, 0.25) is 5.91 Å². The van der Waals surface area contributed by atoms with Gasteiger partial charge in [-0.15, -0.1) is 17.9 Å². The van der Waals surface area contributed by atoms with E-state index in [0.29, 0.717) is 36.7 Å². The number of amides is 3. The van der Waals surface area contributed by atoms with Crippen LogP contribution in [0.15, 0.2) is 66.6 Å². The Labute approximate surface area is 223 Å². The molecule has 0 fully saturated rings. The van der Waals surface area contributed by atoms with Crippen LogP contribution in [0, 0.1) is 13.8 Å². The van der Waals surface area contributed by atoms with Crippen molar-refractivity contribution in [2.24, 2.45) is 0 Å². The average Bonchev–Trinajstić information content (AvgIpc) is 3.29. The molecule has 8 heteroatoms. The van der Waals surface area contributed by atoms with E-state index in [9.17, 15) is 9.59 Å². The van der Waals surface area contributed by atoms with E-state index in [2.05, 4.69) is 18.0 Å². The van der Waals surface area contributed by atoms with Gasteiger partial charge in [-0.3, -0.25) is 4.79 Å². The molecule has 196 valence electrons. The molecule has 0 unspecified atom stereocenters. The van der Waals surface area contributed by atoms with E-state index < -0.39 is 0 Å². The Balaban J connectivity index is 1.75. The van der Waals surface area contributed by atoms with Crippen molar-refractivity contribution >= 4 is 29.0 Å². The van der Waals surface area contributed by atoms with Crippen LogP contribution in [-0.2, 0) is 17.8 Å². The quantitative estimate of drug-likeness (QED) is 0.312. The molecule has 37 heavy (non-hydrogen) atoms. The van der Waals surface area contributed by atoms with Crippen molar-refractivity contribution in [1.29, 1.82) is 0 Å². The van der Waals surface area contributed by atoms with Crippen molar-refractivity contribution in [3.8, 4) is 11.5 Å². The van der Waals surface area contributed by atoms with Crippen LogP contribution in [0.4, 0.5) is 10.5 Å². The fourth-order valence-electron chi connectivity index (χ4n) is 3.90. The number of hydrogen-bond donors (Lipinski definition) is 1. The van der Waals surface area contributed by atoms with E-state index in [-0.39, 0.29) is 25.0 Å². The first-order valence-electron chi connectivity index (χ1n) is 12.1. The van der Waals surface area contributed by atoms with Gasteiger partial charge in [0.25, 0.3) is 0 Å². The molecule has 0 aliphatic rings. The van der Waals surface area contributed by atoms with Gasteiger partial charge < -0.3 is 24.6 Å². The van der Waals surface area contributed by atoms with E-state index in [4.69, 9.17) is 9.47 Å². The summed E-state index contributed by atoms with van der Waals surface area (Å²) in [5, 5.41) is 4.92. The van der Waals surface area contributed by atoms with Crippen molar-refractivity contribution in [3.05, 3.63) is 88.1 Å². The Morgan fingerprint density at radius 2 is 1.81 bits per heavy atom. The number of thiophene rings is 1. The van der Waals surface area contributed by atoms with Gasteiger partial charge in [-0.2, -0.15) is 0 Å². The highest BCUT2D eigenvalue weighted by Crippen LogP contribution is 2.28. The minimum atomic E-state index is -0.342. The Morgan fingerprint density at radius 1 is 1.03 bits per heavy atom. The van der Waals surface area contributed by atoms with E-state index in [1.54, 1.807) is 31.6 Å². The summed E-state index contributed by atoms with van der Waals surface area (Å²) in [6.07, 6.45) is 2.26. The van der Waals surface area contributed by atoms with Crippen LogP contribution in [0.2, 0.25) is 0 Å². The zero-order valence-electron chi connectivity index (χ0n) is 22.0. The van der Waals surface area contributed by atoms with Crippen LogP contribution in [-0.4, -0.2) is 55.6 Å². The Kier molecular flexibility index (Phi) is 10.1. The predicted molar refractivity (Wildman–Crippen MR) is 150 cm³/mol. The maximum absolute atomic E-state index is 13.6. The summed E-state index contributed by atoms with van der Waals surface area (Å²) < 4.78 is 10.8. The highest BCUT2D eigenvalue weighted by atomic mass is 32.1. The van der Waals surface area contributed by atoms with E-state index in [1.165, 1.54) is 4.90 Å². The summed E-state index contributed by atoms with van der Waals surface area (Å²) in [6, 6.07) is 15.0. The first-order chi connectivity index (χ1) is 17.8. The normalized spacial score (nSPS) is 10.5. The number of carbonyl (C=O) groups excluding carboxylic acids is 2. The van der Waals surface area contributed by atoms with Crippen LogP contribution in [0.25, 0.3) is 0 Å². The number of hydrogen-bond acceptors (Lipinski definition) is 5. The maximum atomic E-state index is 13.6. The van der Waals surface area contributed by atoms with Crippen LogP contribution < -0.4 is 14.8 Å². The number of rotatable bonds is 12. The maximum Gasteiger partial charge on any atom is 0.322 e. The summed E-state index contributed by atoms with van der Waals surface area (Å²) in [4.78, 5) is 31.0. The number of carbonyl (C=O) groups is 2. The van der Waals surface area contributed by atoms with Crippen LogP contribution in [0.3, 0.4) is 0 Å². The number of benzene rings is 2. The molecule has 3 rings (SSSR count). The van der Waals surface area contributed by atoms with Crippen molar-refractivity contribution in [3.63, 3.8) is 0 Å². The monoisotopic (exact) mass is 521 g/mol. The van der Waals surface area contributed by atoms with Crippen LogP contribution in [0.1, 0.15) is 21.6 Å². The van der Waals surface area contributed by atoms with Crippen molar-refractivity contribution in [1.82, 2.24) is 9.80 Å². The minimum Gasteiger partial charge on any atom is -0.493 e. The summed E-state index contributed by atoms with van der Waals surface area (Å²) >= 11 is 1.63. The van der Waals surface area contributed by atoms with Gasteiger partial charge in [-0.1, -0.05) is 24.3 Å². The second-order valence-electron chi connectivity index (χ2n) is 8.75. The molecule has 3 aromatic rings. The lowest BCUT2D eigenvalue weighted by Crippen LogP contribution is -2.44. The average molecular weight is 522 g/mol. The second-order valence-corrected chi connectivity index (χ2v) is 9.75. The lowest BCUT2D eigenvalue weighted by atomic mass is 10.1. The predicted octanol–water partition coefficient (Wildman–Crippen LogP) is 5.67. The number of aryl methyl sites for hydroxylation is 2. The molecular weight excluding hydrogens is 486 g/mol. The van der Waals surface area contributed by atoms with Gasteiger partial charge in [0.1, 0.15) is 6.54 Å². The largest absolute Gasteiger partial charge is 0.493 e. The second kappa shape index (κ2) is 13.5. The summed E-state index contributed by atoms with van der Waals surface area (Å²) in [5.41, 5.74) is 3.90. The molecule has 0 aliphatic carbocycles. The van der Waals surface area contributed by atoms with Crippen LogP contribution in [0.5, 0.6) is 11.5 Å². The molecule has 0 saturated carbocycles. The van der Waals surface area contributed by atoms with Gasteiger partial charge in [0.15, 0.2) is 11.5 Å². The standard InChI is InChI=1S/C29H35N3O4S/c1-6-14-32(29(34)30-24-9-7-8-21(2)17-24)20-28(33)31(19-27-22(3)13-16-37-27)15-12-23-10-11-25(35-4)26(18-23)36-5/h6-11,13,16-18H,1,12,14-15,19-20H2,2-5H3,(H,30,34). The van der Waals surface area contributed by atoms with Gasteiger partial charge in [0.05, 0.1) is 20.8 Å². The molecule has 1 N–H and O–H groups in total. The Hall–Kier alpha value is -3.78. The zero-order chi connectivity index (χ0) is 26.8. The number of methoxy groups -OCH3 is 2. The Morgan fingerprint density at radius 3 is 2.46 bits per heavy atom. The number of ether oxygens (including phenoxy) is 2. The smallest absolute Gasteiger partial charge is 0.322 e. The number of urea groups is 1. The molecule has 0 spiro atoms. The molecular formula is C29H35N3O4S. The molecule has 3 amide bonds. The van der Waals surface area contributed by atoms with E-state index in [1.807, 2.05) is 66.6 Å². The molecule has 0 radical (unpaired) electrons. The Bertz CT molecular complexity index is 1220. The highest BCUT2D eigenvalue weighted by molar-refractivity contribution is 7.10. The summed E-state index contributed by atoms with van der Waals surface area (Å²) in [5.74, 6) is 1.18. The van der Waals surface area contributed by atoms with Gasteiger partial charge >= 0.3 is 6.03 Å². The third-order valence-electron chi connectivity index (χ3n) is 6.01. The fourth-order valence-corrected chi connectivity index (χ4v) is 4.82. The zero-order valence-corrected chi connectivity index (χ0v) is 22.8. The summed E-state index contributed by atoms with van der Waals surface area (Å²) in [6.45, 7) is 8.95. The summed E-state index contributed by atoms with van der Waals surface area (Å²) in [7, 11) is 3.21. The number of anilines is 1.